The summed E-state index contributed by atoms with van der Waals surface area (Å²) >= 11 is 9.30. The van der Waals surface area contributed by atoms with Crippen molar-refractivity contribution in [1.82, 2.24) is 5.32 Å². The average molecular weight is 403 g/mol. The van der Waals surface area contributed by atoms with Crippen LogP contribution < -0.4 is 10.2 Å². The third-order valence-electron chi connectivity index (χ3n) is 4.51. The fourth-order valence-electron chi connectivity index (χ4n) is 3.20. The van der Waals surface area contributed by atoms with Crippen molar-refractivity contribution in [1.29, 1.82) is 0 Å². The van der Waals surface area contributed by atoms with Gasteiger partial charge in [0.05, 0.1) is 5.75 Å². The smallest absolute Gasteiger partial charge is 0.237 e. The molecule has 0 radical (unpaired) electrons. The molecule has 1 N–H and O–H groups in total. The summed E-state index contributed by atoms with van der Waals surface area (Å²) in [7, 11) is 0. The van der Waals surface area contributed by atoms with Gasteiger partial charge in [0.25, 0.3) is 0 Å². The third-order valence-corrected chi connectivity index (χ3v) is 7.07. The lowest BCUT2D eigenvalue weighted by Crippen LogP contribution is -2.37. The molecule has 6 heteroatoms. The number of nitrogens with one attached hydrogen (secondary N) is 1. The van der Waals surface area contributed by atoms with Crippen LogP contribution in [0.25, 0.3) is 5.70 Å². The first kappa shape index (κ1) is 17.8. The molecule has 4 rings (SSSR count). The van der Waals surface area contributed by atoms with E-state index in [1.54, 1.807) is 23.5 Å². The van der Waals surface area contributed by atoms with Crippen molar-refractivity contribution in [3.8, 4) is 0 Å². The number of amides is 1. The number of aryl methyl sites for hydroxylation is 1. The summed E-state index contributed by atoms with van der Waals surface area (Å²) in [5, 5.41) is 6.32. The van der Waals surface area contributed by atoms with Gasteiger partial charge in [-0.2, -0.15) is 0 Å². The van der Waals surface area contributed by atoms with Crippen molar-refractivity contribution >= 4 is 52.4 Å². The molecule has 134 valence electrons. The maximum absolute atomic E-state index is 12.7. The van der Waals surface area contributed by atoms with Gasteiger partial charge < -0.3 is 10.2 Å². The van der Waals surface area contributed by atoms with Crippen LogP contribution in [0.2, 0.25) is 5.02 Å². The Morgan fingerprint density at radius 2 is 2.04 bits per heavy atom. The first-order valence-corrected chi connectivity index (χ1v) is 11.0. The molecule has 3 nitrogen and oxygen atoms in total. The van der Waals surface area contributed by atoms with Gasteiger partial charge in [-0.1, -0.05) is 53.7 Å². The minimum Gasteiger partial charge on any atom is -0.364 e. The highest BCUT2D eigenvalue weighted by molar-refractivity contribution is 8.18. The standard InChI is InChI=1S/C20H19ClN2OS2/c21-16-9-7-14(8-10-16)17-12-25-20(22-17)26-13-19(24)23-11-3-5-15-4-1-2-6-18(15)23/h1-2,4,6-10,12,20,22H,3,5,11,13H2. The zero-order chi connectivity index (χ0) is 17.9. The molecule has 2 aliphatic heterocycles. The molecule has 26 heavy (non-hydrogen) atoms. The largest absolute Gasteiger partial charge is 0.364 e. The maximum Gasteiger partial charge on any atom is 0.237 e. The van der Waals surface area contributed by atoms with E-state index in [1.807, 2.05) is 41.3 Å². The summed E-state index contributed by atoms with van der Waals surface area (Å²) < 4.78 is 0.157. The van der Waals surface area contributed by atoms with E-state index in [0.29, 0.717) is 5.75 Å². The number of thioether (sulfide) groups is 2. The highest BCUT2D eigenvalue weighted by Gasteiger charge is 2.24. The van der Waals surface area contributed by atoms with Crippen LogP contribution in [0, 0.1) is 0 Å². The fraction of sp³-hybridized carbons (Fsp3) is 0.250. The van der Waals surface area contributed by atoms with Crippen LogP contribution in [0.1, 0.15) is 17.5 Å². The molecule has 0 fully saturated rings. The number of para-hydroxylation sites is 1. The number of rotatable bonds is 4. The van der Waals surface area contributed by atoms with Crippen LogP contribution in [-0.2, 0) is 11.2 Å². The van der Waals surface area contributed by atoms with Crippen LogP contribution in [0.15, 0.2) is 53.9 Å². The van der Waals surface area contributed by atoms with Crippen molar-refractivity contribution in [2.24, 2.45) is 0 Å². The van der Waals surface area contributed by atoms with Crippen molar-refractivity contribution < 1.29 is 4.79 Å². The first-order chi connectivity index (χ1) is 12.7. The minimum absolute atomic E-state index is 0.157. The number of nitrogens with zero attached hydrogens (tertiary/aromatic N) is 1. The average Bonchev–Trinajstić information content (AvgIpc) is 3.15. The van der Waals surface area contributed by atoms with Gasteiger partial charge >= 0.3 is 0 Å². The molecule has 2 aromatic rings. The van der Waals surface area contributed by atoms with Crippen molar-refractivity contribution in [2.45, 2.75) is 17.5 Å². The Labute approximate surface area is 167 Å². The molecule has 0 bridgehead atoms. The molecule has 0 saturated heterocycles. The Hall–Kier alpha value is -1.56. The third kappa shape index (κ3) is 3.90. The Kier molecular flexibility index (Phi) is 5.48. The van der Waals surface area contributed by atoms with Gasteiger partial charge in [0.1, 0.15) is 4.71 Å². The highest BCUT2D eigenvalue weighted by atomic mass is 35.5. The van der Waals surface area contributed by atoms with Gasteiger partial charge in [0.15, 0.2) is 0 Å². The zero-order valence-electron chi connectivity index (χ0n) is 14.2. The van der Waals surface area contributed by atoms with E-state index < -0.39 is 0 Å². The number of carbonyl (C=O) groups excluding carboxylic acids is 1. The summed E-state index contributed by atoms with van der Waals surface area (Å²) in [6.45, 7) is 0.815. The predicted molar refractivity (Wildman–Crippen MR) is 114 cm³/mol. The summed E-state index contributed by atoms with van der Waals surface area (Å²) in [5.74, 6) is 0.658. The summed E-state index contributed by atoms with van der Waals surface area (Å²) in [6.07, 6.45) is 2.09. The van der Waals surface area contributed by atoms with E-state index >= 15 is 0 Å². The summed E-state index contributed by atoms with van der Waals surface area (Å²) in [5.41, 5.74) is 4.55. The first-order valence-electron chi connectivity index (χ1n) is 8.59. The zero-order valence-corrected chi connectivity index (χ0v) is 16.5. The molecule has 0 saturated carbocycles. The van der Waals surface area contributed by atoms with E-state index in [-0.39, 0.29) is 10.6 Å². The van der Waals surface area contributed by atoms with Crippen LogP contribution in [0.3, 0.4) is 0 Å². The van der Waals surface area contributed by atoms with E-state index in [2.05, 4.69) is 22.9 Å². The maximum atomic E-state index is 12.7. The monoisotopic (exact) mass is 402 g/mol. The number of carbonyl (C=O) groups is 1. The lowest BCUT2D eigenvalue weighted by Gasteiger charge is -2.29. The highest BCUT2D eigenvalue weighted by Crippen LogP contribution is 2.34. The number of fused-ring (bicyclic) bond motifs is 1. The topological polar surface area (TPSA) is 32.3 Å². The van der Waals surface area contributed by atoms with Crippen molar-refractivity contribution in [2.75, 3.05) is 17.2 Å². The van der Waals surface area contributed by atoms with Gasteiger partial charge in [-0.05, 0) is 47.6 Å². The van der Waals surface area contributed by atoms with E-state index in [9.17, 15) is 4.79 Å². The molecule has 2 aromatic carbocycles. The predicted octanol–water partition coefficient (Wildman–Crippen LogP) is 4.97. The molecular formula is C20H19ClN2OS2. The van der Waals surface area contributed by atoms with E-state index in [0.717, 1.165) is 41.4 Å². The second-order valence-electron chi connectivity index (χ2n) is 6.24. The molecule has 0 aromatic heterocycles. The molecule has 0 aliphatic carbocycles. The summed E-state index contributed by atoms with van der Waals surface area (Å²) in [4.78, 5) is 14.7. The molecule has 2 heterocycles. The molecule has 1 atom stereocenters. The number of anilines is 1. The molecule has 1 amide bonds. The van der Waals surface area contributed by atoms with Gasteiger partial charge in [0, 0.05) is 23.0 Å². The van der Waals surface area contributed by atoms with Gasteiger partial charge in [-0.25, -0.2) is 0 Å². The molecule has 0 spiro atoms. The van der Waals surface area contributed by atoms with Crippen LogP contribution in [0.5, 0.6) is 0 Å². The minimum atomic E-state index is 0.157. The normalized spacial score (nSPS) is 18.9. The number of hydrogen-bond donors (Lipinski definition) is 1. The van der Waals surface area contributed by atoms with Crippen LogP contribution >= 0.6 is 35.1 Å². The summed E-state index contributed by atoms with van der Waals surface area (Å²) in [6, 6.07) is 16.0. The molecule has 1 unspecified atom stereocenters. The van der Waals surface area contributed by atoms with Crippen LogP contribution in [0.4, 0.5) is 5.69 Å². The van der Waals surface area contributed by atoms with Crippen molar-refractivity contribution in [3.05, 3.63) is 70.1 Å². The van der Waals surface area contributed by atoms with Crippen molar-refractivity contribution in [3.63, 3.8) is 0 Å². The quantitative estimate of drug-likeness (QED) is 0.782. The van der Waals surface area contributed by atoms with Gasteiger partial charge in [-0.15, -0.1) is 11.8 Å². The Bertz CT molecular complexity index is 838. The van der Waals surface area contributed by atoms with Gasteiger partial charge in [0.2, 0.25) is 5.91 Å². The number of hydrogen-bond acceptors (Lipinski definition) is 4. The second kappa shape index (κ2) is 7.99. The molecule has 2 aliphatic rings. The van der Waals surface area contributed by atoms with E-state index in [4.69, 9.17) is 11.6 Å². The fourth-order valence-corrected chi connectivity index (χ4v) is 5.33. The van der Waals surface area contributed by atoms with Crippen LogP contribution in [-0.4, -0.2) is 22.9 Å². The Morgan fingerprint density at radius 3 is 2.88 bits per heavy atom. The SMILES string of the molecule is O=C(CSC1NC(c2ccc(Cl)cc2)=CS1)N1CCCc2ccccc21. The molecular weight excluding hydrogens is 384 g/mol. The number of benzene rings is 2. The van der Waals surface area contributed by atoms with E-state index in [1.165, 1.54) is 5.56 Å². The lowest BCUT2D eigenvalue weighted by atomic mass is 10.0. The van der Waals surface area contributed by atoms with Gasteiger partial charge in [-0.3, -0.25) is 4.79 Å². The number of halogens is 1. The second-order valence-corrected chi connectivity index (χ2v) is 9.05. The lowest BCUT2D eigenvalue weighted by molar-refractivity contribution is -0.116. The Morgan fingerprint density at radius 1 is 1.23 bits per heavy atom. The Balaban J connectivity index is 1.33.